The molecule has 2 N–H and O–H groups in total. The third kappa shape index (κ3) is 4.83. The number of carbonyl (C=O) groups excluding carboxylic acids is 1. The number of nitrogens with one attached hydrogen (secondary N) is 1. The molecule has 8 heteroatoms. The number of carbonyl (C=O) groups is 1. The highest BCUT2D eigenvalue weighted by Gasteiger charge is 2.31. The predicted molar refractivity (Wildman–Crippen MR) is 110 cm³/mol. The van der Waals surface area contributed by atoms with Crippen LogP contribution in [0.4, 0.5) is 10.5 Å². The van der Waals surface area contributed by atoms with E-state index in [4.69, 9.17) is 16.3 Å². The quantitative estimate of drug-likeness (QED) is 0.711. The van der Waals surface area contributed by atoms with Crippen molar-refractivity contribution in [1.82, 2.24) is 10.3 Å². The van der Waals surface area contributed by atoms with Gasteiger partial charge in [0.1, 0.15) is 5.60 Å². The van der Waals surface area contributed by atoms with Crippen LogP contribution < -0.4 is 10.2 Å². The van der Waals surface area contributed by atoms with E-state index in [-0.39, 0.29) is 6.04 Å². The van der Waals surface area contributed by atoms with Crippen molar-refractivity contribution in [3.8, 4) is 0 Å². The minimum absolute atomic E-state index is 0.353. The lowest BCUT2D eigenvalue weighted by Gasteiger charge is -2.38. The van der Waals surface area contributed by atoms with Crippen LogP contribution in [0, 0.1) is 0 Å². The Morgan fingerprint density at radius 3 is 2.85 bits per heavy atom. The Hall–Kier alpha value is -1.57. The predicted octanol–water partition coefficient (Wildman–Crippen LogP) is 4.12. The fourth-order valence-corrected chi connectivity index (χ4v) is 3.84. The van der Waals surface area contributed by atoms with Crippen LogP contribution in [0.3, 0.4) is 0 Å². The van der Waals surface area contributed by atoms with Crippen molar-refractivity contribution in [1.29, 1.82) is 0 Å². The summed E-state index contributed by atoms with van der Waals surface area (Å²) < 4.78 is 6.21. The van der Waals surface area contributed by atoms with Gasteiger partial charge in [0, 0.05) is 29.1 Å². The number of halogens is 2. The highest BCUT2D eigenvalue weighted by atomic mass is 79.9. The number of hydrogen-bond donors (Lipinski definition) is 2. The average molecular weight is 457 g/mol. The molecule has 1 aliphatic heterocycles. The maximum absolute atomic E-state index is 12.0. The van der Waals surface area contributed by atoms with Gasteiger partial charge in [-0.2, -0.15) is 0 Å². The summed E-state index contributed by atoms with van der Waals surface area (Å²) in [6.45, 7) is 6.41. The summed E-state index contributed by atoms with van der Waals surface area (Å²) in [6, 6.07) is 5.46. The van der Waals surface area contributed by atoms with Gasteiger partial charge in [0.25, 0.3) is 0 Å². The van der Waals surface area contributed by atoms with Crippen molar-refractivity contribution < 1.29 is 14.6 Å². The molecule has 0 aliphatic carbocycles. The Balaban J connectivity index is 1.77. The van der Waals surface area contributed by atoms with E-state index in [9.17, 15) is 9.90 Å². The molecule has 2 atom stereocenters. The number of aliphatic hydroxyl groups excluding tert-OH is 1. The molecule has 146 valence electrons. The molecule has 1 amide bonds. The normalized spacial score (nSPS) is 20.6. The molecule has 1 aromatic heterocycles. The zero-order valence-electron chi connectivity index (χ0n) is 15.5. The van der Waals surface area contributed by atoms with E-state index in [1.54, 1.807) is 27.0 Å². The zero-order valence-corrected chi connectivity index (χ0v) is 17.8. The summed E-state index contributed by atoms with van der Waals surface area (Å²) in [5.41, 5.74) is 1.10. The number of β-amino-alcohol motifs (C(OH)–C–C–N with tert-alkyl or cyclic N) is 1. The fraction of sp³-hybridized carbons (Fsp3) is 0.474. The monoisotopic (exact) mass is 455 g/mol. The van der Waals surface area contributed by atoms with Gasteiger partial charge in [-0.25, -0.2) is 4.79 Å². The topological polar surface area (TPSA) is 74.7 Å². The minimum Gasteiger partial charge on any atom is -0.444 e. The third-order valence-electron chi connectivity index (χ3n) is 4.36. The molecule has 2 unspecified atom stereocenters. The number of nitrogens with zero attached hydrogens (tertiary/aromatic N) is 2. The van der Waals surface area contributed by atoms with Crippen LogP contribution in [-0.2, 0) is 4.74 Å². The largest absolute Gasteiger partial charge is 0.444 e. The summed E-state index contributed by atoms with van der Waals surface area (Å²) in [5.74, 6) is 0. The molecular weight excluding hydrogens is 434 g/mol. The molecule has 6 nitrogen and oxygen atoms in total. The van der Waals surface area contributed by atoms with Crippen molar-refractivity contribution in [2.45, 2.75) is 44.9 Å². The lowest BCUT2D eigenvalue weighted by atomic mass is 10.0. The standard InChI is InChI=1S/C19H23BrClN3O3/c1-19(2,3)27-18(26)23-15-6-7-24(10-16(15)25)17-12-8-11(20)4-5-14(12)22-9-13(17)21/h4-5,8-9,15-16,25H,6-7,10H2,1-3H3,(H,23,26). The first-order valence-electron chi connectivity index (χ1n) is 8.80. The number of rotatable bonds is 2. The average Bonchev–Trinajstić information content (AvgIpc) is 2.55. The van der Waals surface area contributed by atoms with Crippen molar-refractivity contribution in [2.24, 2.45) is 0 Å². The van der Waals surface area contributed by atoms with Crippen molar-refractivity contribution >= 4 is 50.2 Å². The van der Waals surface area contributed by atoms with Crippen molar-refractivity contribution in [3.63, 3.8) is 0 Å². The van der Waals surface area contributed by atoms with Gasteiger partial charge in [0.2, 0.25) is 0 Å². The van der Waals surface area contributed by atoms with Gasteiger partial charge in [-0.1, -0.05) is 27.5 Å². The zero-order chi connectivity index (χ0) is 19.8. The first-order valence-corrected chi connectivity index (χ1v) is 9.97. The van der Waals surface area contributed by atoms with Crippen LogP contribution in [-0.4, -0.2) is 47.0 Å². The molecule has 1 aromatic carbocycles. The Labute approximate surface area is 172 Å². The van der Waals surface area contributed by atoms with Gasteiger partial charge in [-0.3, -0.25) is 4.98 Å². The number of anilines is 1. The first-order chi connectivity index (χ1) is 12.6. The van der Waals surface area contributed by atoms with Crippen molar-refractivity contribution in [3.05, 3.63) is 33.9 Å². The number of benzene rings is 1. The number of piperidine rings is 1. The number of pyridine rings is 1. The van der Waals surface area contributed by atoms with E-state index >= 15 is 0 Å². The number of ether oxygens (including phenoxy) is 1. The van der Waals surface area contributed by atoms with Crippen LogP contribution in [0.2, 0.25) is 5.02 Å². The molecule has 1 fully saturated rings. The molecule has 0 radical (unpaired) electrons. The number of amides is 1. The van der Waals surface area contributed by atoms with Crippen LogP contribution in [0.5, 0.6) is 0 Å². The smallest absolute Gasteiger partial charge is 0.407 e. The van der Waals surface area contributed by atoms with Gasteiger partial charge in [-0.15, -0.1) is 0 Å². The van der Waals surface area contributed by atoms with E-state index < -0.39 is 17.8 Å². The van der Waals surface area contributed by atoms with E-state index in [1.165, 1.54) is 0 Å². The summed E-state index contributed by atoms with van der Waals surface area (Å²) in [6.07, 6.45) is 0.952. The molecule has 0 saturated carbocycles. The Morgan fingerprint density at radius 1 is 1.44 bits per heavy atom. The second-order valence-electron chi connectivity index (χ2n) is 7.67. The number of hydrogen-bond acceptors (Lipinski definition) is 5. The molecule has 0 bridgehead atoms. The second kappa shape index (κ2) is 7.81. The Morgan fingerprint density at radius 2 is 2.19 bits per heavy atom. The summed E-state index contributed by atoms with van der Waals surface area (Å²) >= 11 is 9.93. The fourth-order valence-electron chi connectivity index (χ4n) is 3.21. The van der Waals surface area contributed by atoms with E-state index in [0.29, 0.717) is 24.5 Å². The number of aromatic nitrogens is 1. The van der Waals surface area contributed by atoms with Crippen LogP contribution in [0.15, 0.2) is 28.9 Å². The highest BCUT2D eigenvalue weighted by molar-refractivity contribution is 9.10. The Kier molecular flexibility index (Phi) is 5.84. The second-order valence-corrected chi connectivity index (χ2v) is 8.99. The molecule has 0 spiro atoms. The molecule has 1 saturated heterocycles. The molecule has 3 rings (SSSR count). The van der Waals surface area contributed by atoms with Gasteiger partial charge < -0.3 is 20.1 Å². The van der Waals surface area contributed by atoms with E-state index in [0.717, 1.165) is 21.1 Å². The summed E-state index contributed by atoms with van der Waals surface area (Å²) in [4.78, 5) is 18.4. The molecule has 2 aromatic rings. The SMILES string of the molecule is CC(C)(C)OC(=O)NC1CCN(c2c(Cl)cnc3ccc(Br)cc23)CC1O. The highest BCUT2D eigenvalue weighted by Crippen LogP contribution is 2.36. The number of aliphatic hydroxyl groups is 1. The lowest BCUT2D eigenvalue weighted by Crippen LogP contribution is -2.55. The maximum Gasteiger partial charge on any atom is 0.407 e. The molecule has 27 heavy (non-hydrogen) atoms. The van der Waals surface area contributed by atoms with Gasteiger partial charge in [0.05, 0.1) is 28.4 Å². The maximum atomic E-state index is 12.0. The van der Waals surface area contributed by atoms with Crippen molar-refractivity contribution in [2.75, 3.05) is 18.0 Å². The van der Waals surface area contributed by atoms with E-state index in [2.05, 4.69) is 26.2 Å². The molecule has 1 aliphatic rings. The van der Waals surface area contributed by atoms with Crippen LogP contribution >= 0.6 is 27.5 Å². The minimum atomic E-state index is -0.738. The number of alkyl carbamates (subject to hydrolysis) is 1. The van der Waals surface area contributed by atoms with Gasteiger partial charge in [-0.05, 0) is 45.4 Å². The lowest BCUT2D eigenvalue weighted by molar-refractivity contribution is 0.0402. The van der Waals surface area contributed by atoms with Crippen LogP contribution in [0.1, 0.15) is 27.2 Å². The third-order valence-corrected chi connectivity index (χ3v) is 5.13. The summed E-state index contributed by atoms with van der Waals surface area (Å²) in [5, 5.41) is 14.8. The Bertz CT molecular complexity index is 851. The van der Waals surface area contributed by atoms with Gasteiger partial charge >= 0.3 is 6.09 Å². The van der Waals surface area contributed by atoms with Gasteiger partial charge in [0.15, 0.2) is 0 Å². The first kappa shape index (κ1) is 20.2. The molecule has 2 heterocycles. The van der Waals surface area contributed by atoms with Crippen LogP contribution in [0.25, 0.3) is 10.9 Å². The van der Waals surface area contributed by atoms with E-state index in [1.807, 2.05) is 23.1 Å². The number of fused-ring (bicyclic) bond motifs is 1. The molecular formula is C19H23BrClN3O3. The summed E-state index contributed by atoms with van der Waals surface area (Å²) in [7, 11) is 0.